The Bertz CT molecular complexity index is 1380. The van der Waals surface area contributed by atoms with Gasteiger partial charge in [0.2, 0.25) is 0 Å². The van der Waals surface area contributed by atoms with Crippen LogP contribution in [0.4, 0.5) is 4.79 Å². The Morgan fingerprint density at radius 1 is 1.08 bits per heavy atom. The number of rotatable bonds is 7. The van der Waals surface area contributed by atoms with Gasteiger partial charge in [-0.15, -0.1) is 0 Å². The van der Waals surface area contributed by atoms with Crippen LogP contribution in [0, 0.1) is 0 Å². The first-order chi connectivity index (χ1) is 17.2. The van der Waals surface area contributed by atoms with Crippen LogP contribution < -0.4 is 9.47 Å². The molecule has 1 saturated heterocycles. The van der Waals surface area contributed by atoms with Crippen LogP contribution in [0.15, 0.2) is 70.0 Å². The highest BCUT2D eigenvalue weighted by Crippen LogP contribution is 2.40. The molecule has 184 valence electrons. The van der Waals surface area contributed by atoms with Crippen molar-refractivity contribution in [2.75, 3.05) is 6.61 Å². The lowest BCUT2D eigenvalue weighted by Crippen LogP contribution is -2.27. The molecular weight excluding hydrogens is 589 g/mol. The Labute approximate surface area is 230 Å². The van der Waals surface area contributed by atoms with Gasteiger partial charge in [-0.2, -0.15) is 0 Å². The molecule has 3 aromatic rings. The summed E-state index contributed by atoms with van der Waals surface area (Å²) in [7, 11) is 0. The molecule has 36 heavy (non-hydrogen) atoms. The highest BCUT2D eigenvalue weighted by atomic mass is 79.9. The molecular formula is C26H18BrCl2NO5S. The van der Waals surface area contributed by atoms with Gasteiger partial charge < -0.3 is 9.47 Å². The van der Waals surface area contributed by atoms with Crippen molar-refractivity contribution in [3.05, 3.63) is 96.8 Å². The maximum atomic E-state index is 12.9. The van der Waals surface area contributed by atoms with E-state index in [2.05, 4.69) is 15.9 Å². The average molecular weight is 607 g/mol. The third kappa shape index (κ3) is 6.13. The van der Waals surface area contributed by atoms with Crippen molar-refractivity contribution in [2.24, 2.45) is 0 Å². The van der Waals surface area contributed by atoms with Crippen LogP contribution in [0.1, 0.15) is 28.4 Å². The van der Waals surface area contributed by atoms with E-state index in [0.717, 1.165) is 21.8 Å². The van der Waals surface area contributed by atoms with E-state index in [0.29, 0.717) is 10.6 Å². The number of benzene rings is 3. The Morgan fingerprint density at radius 2 is 1.83 bits per heavy atom. The third-order valence-corrected chi connectivity index (χ3v) is 6.96. The zero-order valence-corrected chi connectivity index (χ0v) is 22.7. The predicted molar refractivity (Wildman–Crippen MR) is 145 cm³/mol. The SMILES string of the molecule is CCOc1cc(/C=C2\SC(=O)N(Cc3ccc(Br)cc3)C2=O)cc(Cl)c1OC(=O)c1cccc(Cl)c1. The van der Waals surface area contributed by atoms with Crippen molar-refractivity contribution in [1.82, 2.24) is 4.90 Å². The largest absolute Gasteiger partial charge is 0.490 e. The minimum atomic E-state index is -0.651. The fraction of sp³-hybridized carbons (Fsp3) is 0.115. The van der Waals surface area contributed by atoms with Gasteiger partial charge in [-0.05, 0) is 78.4 Å². The first-order valence-electron chi connectivity index (χ1n) is 10.7. The Morgan fingerprint density at radius 3 is 2.53 bits per heavy atom. The second-order valence-corrected chi connectivity index (χ2v) is 10.3. The Balaban J connectivity index is 1.58. The molecule has 0 bridgehead atoms. The minimum Gasteiger partial charge on any atom is -0.490 e. The fourth-order valence-electron chi connectivity index (χ4n) is 3.36. The first kappa shape index (κ1) is 26.3. The summed E-state index contributed by atoms with van der Waals surface area (Å²) in [6, 6.07) is 16.8. The van der Waals surface area contributed by atoms with E-state index >= 15 is 0 Å². The molecule has 0 atom stereocenters. The lowest BCUT2D eigenvalue weighted by molar-refractivity contribution is -0.123. The lowest BCUT2D eigenvalue weighted by atomic mass is 10.1. The van der Waals surface area contributed by atoms with Crippen molar-refractivity contribution in [3.63, 3.8) is 0 Å². The molecule has 1 fully saturated rings. The number of nitrogens with zero attached hydrogens (tertiary/aromatic N) is 1. The second kappa shape index (κ2) is 11.5. The molecule has 3 aromatic carbocycles. The van der Waals surface area contributed by atoms with E-state index in [-0.39, 0.29) is 45.4 Å². The van der Waals surface area contributed by atoms with E-state index in [1.165, 1.54) is 17.0 Å². The van der Waals surface area contributed by atoms with Crippen molar-refractivity contribution in [2.45, 2.75) is 13.5 Å². The normalized spacial score (nSPS) is 14.4. The molecule has 10 heteroatoms. The van der Waals surface area contributed by atoms with Gasteiger partial charge in [0.05, 0.1) is 28.6 Å². The molecule has 2 amide bonds. The van der Waals surface area contributed by atoms with E-state index in [4.69, 9.17) is 32.7 Å². The van der Waals surface area contributed by atoms with E-state index in [1.54, 1.807) is 37.3 Å². The number of halogens is 3. The minimum absolute atomic E-state index is 0.0454. The van der Waals surface area contributed by atoms with Gasteiger partial charge in [0.25, 0.3) is 11.1 Å². The summed E-state index contributed by atoms with van der Waals surface area (Å²) in [5.74, 6) is -0.787. The molecule has 0 aliphatic carbocycles. The maximum absolute atomic E-state index is 12.9. The van der Waals surface area contributed by atoms with E-state index < -0.39 is 11.9 Å². The van der Waals surface area contributed by atoms with Gasteiger partial charge >= 0.3 is 5.97 Å². The number of esters is 1. The fourth-order valence-corrected chi connectivity index (χ4v) is 4.91. The molecule has 1 heterocycles. The lowest BCUT2D eigenvalue weighted by Gasteiger charge is -2.14. The molecule has 1 aliphatic rings. The molecule has 0 aromatic heterocycles. The molecule has 0 unspecified atom stereocenters. The van der Waals surface area contributed by atoms with E-state index in [1.807, 2.05) is 24.3 Å². The number of thioether (sulfide) groups is 1. The number of amides is 2. The first-order valence-corrected chi connectivity index (χ1v) is 13.1. The maximum Gasteiger partial charge on any atom is 0.343 e. The van der Waals surface area contributed by atoms with Crippen LogP contribution in [-0.4, -0.2) is 28.6 Å². The highest BCUT2D eigenvalue weighted by Gasteiger charge is 2.35. The number of carbonyl (C=O) groups excluding carboxylic acids is 3. The average Bonchev–Trinajstić information content (AvgIpc) is 3.10. The van der Waals surface area contributed by atoms with Crippen LogP contribution in [0.25, 0.3) is 6.08 Å². The summed E-state index contributed by atoms with van der Waals surface area (Å²) in [5.41, 5.74) is 1.60. The number of hydrogen-bond donors (Lipinski definition) is 0. The summed E-state index contributed by atoms with van der Waals surface area (Å²) < 4.78 is 12.1. The number of imide groups is 1. The highest BCUT2D eigenvalue weighted by molar-refractivity contribution is 9.10. The van der Waals surface area contributed by atoms with Crippen LogP contribution in [0.2, 0.25) is 10.0 Å². The summed E-state index contributed by atoms with van der Waals surface area (Å²) in [6.45, 7) is 2.22. The summed E-state index contributed by atoms with van der Waals surface area (Å²) in [5, 5.41) is 0.138. The standard InChI is InChI=1S/C26H18BrCl2NO5S/c1-2-34-21-11-16(10-20(29)23(21)35-25(32)17-4-3-5-19(28)13-17)12-22-24(31)30(26(33)36-22)14-15-6-8-18(27)9-7-15/h3-13H,2,14H2,1H3/b22-12-. The van der Waals surface area contributed by atoms with Crippen LogP contribution in [0.3, 0.4) is 0 Å². The quantitative estimate of drug-likeness (QED) is 0.157. The molecule has 0 radical (unpaired) electrons. The van der Waals surface area contributed by atoms with Crippen LogP contribution in [-0.2, 0) is 11.3 Å². The number of hydrogen-bond acceptors (Lipinski definition) is 6. The van der Waals surface area contributed by atoms with Crippen LogP contribution >= 0.6 is 50.9 Å². The predicted octanol–water partition coefficient (Wildman–Crippen LogP) is 7.61. The number of carbonyl (C=O) groups is 3. The Kier molecular flexibility index (Phi) is 8.41. The van der Waals surface area contributed by atoms with Gasteiger partial charge in [-0.25, -0.2) is 4.79 Å². The van der Waals surface area contributed by atoms with Crippen molar-refractivity contribution < 1.29 is 23.9 Å². The molecule has 0 saturated carbocycles. The third-order valence-electron chi connectivity index (χ3n) is 5.01. The molecule has 4 rings (SSSR count). The van der Waals surface area contributed by atoms with Crippen molar-refractivity contribution in [1.29, 1.82) is 0 Å². The Hall–Kier alpha value is -2.78. The topological polar surface area (TPSA) is 72.9 Å². The van der Waals surface area contributed by atoms with Gasteiger partial charge in [0.1, 0.15) is 0 Å². The molecule has 6 nitrogen and oxygen atoms in total. The van der Waals surface area contributed by atoms with E-state index in [9.17, 15) is 14.4 Å². The molecule has 0 spiro atoms. The summed E-state index contributed by atoms with van der Waals surface area (Å²) in [4.78, 5) is 39.5. The van der Waals surface area contributed by atoms with Crippen molar-refractivity contribution in [3.8, 4) is 11.5 Å². The molecule has 1 aliphatic heterocycles. The van der Waals surface area contributed by atoms with Gasteiger partial charge in [-0.1, -0.05) is 57.3 Å². The monoisotopic (exact) mass is 605 g/mol. The summed E-state index contributed by atoms with van der Waals surface area (Å²) in [6.07, 6.45) is 1.56. The van der Waals surface area contributed by atoms with Crippen molar-refractivity contribution >= 4 is 74.1 Å². The van der Waals surface area contributed by atoms with Crippen LogP contribution in [0.5, 0.6) is 11.5 Å². The van der Waals surface area contributed by atoms with Gasteiger partial charge in [-0.3, -0.25) is 14.5 Å². The number of ether oxygens (including phenoxy) is 2. The van der Waals surface area contributed by atoms with Gasteiger partial charge in [0, 0.05) is 9.50 Å². The van der Waals surface area contributed by atoms with Gasteiger partial charge in [0.15, 0.2) is 11.5 Å². The smallest absolute Gasteiger partial charge is 0.343 e. The molecule has 0 N–H and O–H groups in total. The zero-order valence-electron chi connectivity index (χ0n) is 18.8. The zero-order chi connectivity index (χ0) is 25.8. The summed E-state index contributed by atoms with van der Waals surface area (Å²) >= 11 is 16.6. The second-order valence-electron chi connectivity index (χ2n) is 7.56.